The van der Waals surface area contributed by atoms with Crippen molar-refractivity contribution in [1.82, 2.24) is 0 Å². The van der Waals surface area contributed by atoms with Crippen molar-refractivity contribution in [2.75, 3.05) is 30.6 Å². The zero-order chi connectivity index (χ0) is 26.8. The molecule has 0 N–H and O–H groups in total. The van der Waals surface area contributed by atoms with Gasteiger partial charge in [0.25, 0.3) is 0 Å². The van der Waals surface area contributed by atoms with Crippen LogP contribution in [0, 0.1) is 17.7 Å². The van der Waals surface area contributed by atoms with E-state index in [4.69, 9.17) is 14.3 Å². The molecular weight excluding hydrogens is 598 g/mol. The number of hydrogen-bond donors (Lipinski definition) is 0. The SMILES string of the molecule is COc1ccc(F)c(-c2ccc(C3COc4ccc([C@H](C5CC5)[C@H](C)C(=O)ON=IC)cc4N3C)cc2)c1. The van der Waals surface area contributed by atoms with Gasteiger partial charge in [-0.05, 0) is 71.7 Å². The maximum absolute atomic E-state index is 14.5. The summed E-state index contributed by atoms with van der Waals surface area (Å²) in [7, 11) is 3.64. The predicted molar refractivity (Wildman–Crippen MR) is 155 cm³/mol. The first kappa shape index (κ1) is 26.6. The topological polar surface area (TPSA) is 60.4 Å². The average Bonchev–Trinajstić information content (AvgIpc) is 3.78. The first-order valence-electron chi connectivity index (χ1n) is 12.7. The zero-order valence-electron chi connectivity index (χ0n) is 22.0. The van der Waals surface area contributed by atoms with Gasteiger partial charge in [-0.2, -0.15) is 0 Å². The third-order valence-electron chi connectivity index (χ3n) is 7.63. The molecule has 5 rings (SSSR count). The van der Waals surface area contributed by atoms with Crippen LogP contribution >= 0.6 is 21.0 Å². The number of rotatable bonds is 8. The van der Waals surface area contributed by atoms with Crippen LogP contribution in [0.15, 0.2) is 64.0 Å². The normalized spacial score (nSPS) is 18.7. The van der Waals surface area contributed by atoms with E-state index in [0.717, 1.165) is 41.0 Å². The van der Waals surface area contributed by atoms with Gasteiger partial charge in [-0.25, -0.2) is 9.18 Å². The summed E-state index contributed by atoms with van der Waals surface area (Å²) in [5.41, 5.74) is 4.50. The summed E-state index contributed by atoms with van der Waals surface area (Å²) in [6.45, 7) is 2.45. The molecule has 2 aliphatic rings. The number of likely N-dealkylation sites (N-methyl/N-ethyl adjacent to an activating group) is 1. The quantitative estimate of drug-likeness (QED) is 0.147. The summed E-state index contributed by atoms with van der Waals surface area (Å²) in [5.74, 6) is 1.20. The van der Waals surface area contributed by atoms with E-state index in [0.29, 0.717) is 23.8 Å². The van der Waals surface area contributed by atoms with Crippen molar-refractivity contribution in [2.24, 2.45) is 15.1 Å². The van der Waals surface area contributed by atoms with Crippen LogP contribution in [0.3, 0.4) is 0 Å². The van der Waals surface area contributed by atoms with E-state index in [9.17, 15) is 9.18 Å². The minimum Gasteiger partial charge on any atom is -0.497 e. The van der Waals surface area contributed by atoms with Gasteiger partial charge in [0.1, 0.15) is 23.9 Å². The molecule has 38 heavy (non-hydrogen) atoms. The summed E-state index contributed by atoms with van der Waals surface area (Å²) in [6, 6.07) is 18.9. The van der Waals surface area contributed by atoms with Crippen molar-refractivity contribution in [3.05, 3.63) is 77.6 Å². The molecule has 3 aromatic carbocycles. The average molecular weight is 630 g/mol. The molecule has 3 atom stereocenters. The van der Waals surface area contributed by atoms with Crippen LogP contribution in [0.2, 0.25) is 0 Å². The Morgan fingerprint density at radius 3 is 2.58 bits per heavy atom. The number of hydrogen-bond acceptors (Lipinski definition) is 6. The fourth-order valence-electron chi connectivity index (χ4n) is 5.37. The second kappa shape index (κ2) is 11.4. The Kier molecular flexibility index (Phi) is 7.97. The molecule has 1 aliphatic heterocycles. The lowest BCUT2D eigenvalue weighted by molar-refractivity contribution is -0.148. The maximum Gasteiger partial charge on any atom is 0.338 e. The highest BCUT2D eigenvalue weighted by Gasteiger charge is 2.40. The fourth-order valence-corrected chi connectivity index (χ4v) is 5.76. The maximum atomic E-state index is 14.5. The Balaban J connectivity index is 1.39. The molecule has 1 aliphatic carbocycles. The van der Waals surface area contributed by atoms with Gasteiger partial charge < -0.3 is 19.2 Å². The highest BCUT2D eigenvalue weighted by Crippen LogP contribution is 2.49. The van der Waals surface area contributed by atoms with Crippen LogP contribution < -0.4 is 14.4 Å². The minimum absolute atomic E-state index is 0.00370. The van der Waals surface area contributed by atoms with Crippen LogP contribution in [-0.2, 0) is 9.63 Å². The van der Waals surface area contributed by atoms with Crippen LogP contribution in [0.4, 0.5) is 10.1 Å². The number of ether oxygens (including phenoxy) is 2. The Morgan fingerprint density at radius 2 is 1.89 bits per heavy atom. The largest absolute Gasteiger partial charge is 0.497 e. The van der Waals surface area contributed by atoms with Gasteiger partial charge in [0.15, 0.2) is 0 Å². The van der Waals surface area contributed by atoms with Crippen LogP contribution in [0.1, 0.15) is 42.9 Å². The van der Waals surface area contributed by atoms with E-state index in [1.807, 2.05) is 42.2 Å². The number of fused-ring (bicyclic) bond motifs is 1. The fraction of sp³-hybridized carbons (Fsp3) is 0.367. The first-order chi connectivity index (χ1) is 18.4. The Bertz CT molecular complexity index is 1340. The molecule has 0 aromatic heterocycles. The molecule has 1 fully saturated rings. The van der Waals surface area contributed by atoms with Crippen molar-refractivity contribution in [2.45, 2.75) is 31.7 Å². The number of anilines is 1. The highest BCUT2D eigenvalue weighted by atomic mass is 127. The zero-order valence-corrected chi connectivity index (χ0v) is 24.1. The third kappa shape index (κ3) is 5.41. The van der Waals surface area contributed by atoms with Gasteiger partial charge in [-0.3, -0.25) is 0 Å². The Hall–Kier alpha value is -3.01. The molecule has 6 nitrogen and oxygen atoms in total. The van der Waals surface area contributed by atoms with Gasteiger partial charge in [-0.1, -0.05) is 40.6 Å². The molecule has 8 heteroatoms. The van der Waals surface area contributed by atoms with Crippen molar-refractivity contribution in [3.8, 4) is 22.6 Å². The minimum atomic E-state index is -0.453. The number of benzene rings is 3. The van der Waals surface area contributed by atoms with Gasteiger partial charge in [0.2, 0.25) is 0 Å². The van der Waals surface area contributed by atoms with Crippen molar-refractivity contribution < 1.29 is 23.5 Å². The van der Waals surface area contributed by atoms with Gasteiger partial charge in [-0.15, -0.1) is 0 Å². The first-order valence-corrected chi connectivity index (χ1v) is 15.9. The molecule has 0 spiro atoms. The second-order valence-corrected chi connectivity index (χ2v) is 11.3. The smallest absolute Gasteiger partial charge is 0.338 e. The monoisotopic (exact) mass is 630 g/mol. The summed E-state index contributed by atoms with van der Waals surface area (Å²) < 4.78 is 29.9. The number of carbonyl (C=O) groups is 1. The second-order valence-electron chi connectivity index (χ2n) is 9.93. The van der Waals surface area contributed by atoms with Gasteiger partial charge in [0, 0.05) is 38.6 Å². The number of carbonyl (C=O) groups excluding carboxylic acids is 1. The predicted octanol–water partition coefficient (Wildman–Crippen LogP) is 7.44. The number of halogens is 2. The number of nitrogens with zero attached hydrogens (tertiary/aromatic N) is 2. The summed E-state index contributed by atoms with van der Waals surface area (Å²) in [4.78, 5) is 22.0. The number of methoxy groups -OCH3 is 1. The Labute approximate surface area is 233 Å². The Morgan fingerprint density at radius 1 is 1.13 bits per heavy atom. The third-order valence-corrected chi connectivity index (χ3v) is 8.22. The van der Waals surface area contributed by atoms with E-state index < -0.39 is 21.0 Å². The molecule has 0 bridgehead atoms. The lowest BCUT2D eigenvalue weighted by Crippen LogP contribution is -2.33. The van der Waals surface area contributed by atoms with E-state index in [2.05, 4.69) is 27.4 Å². The van der Waals surface area contributed by atoms with Crippen molar-refractivity contribution in [3.63, 3.8) is 0 Å². The molecule has 200 valence electrons. The summed E-state index contributed by atoms with van der Waals surface area (Å²) >= 11 is -0.453. The summed E-state index contributed by atoms with van der Waals surface area (Å²) in [5, 5.41) is 0. The van der Waals surface area contributed by atoms with Gasteiger partial charge in [0.05, 0.1) is 24.8 Å². The lowest BCUT2D eigenvalue weighted by atomic mass is 9.83. The molecule has 3 aromatic rings. The standard InChI is InChI=1S/C30H32FIN2O4/c1-18(30(35)38-33-32-2)29(21-9-10-21)22-11-14-28-26(15-22)34(3)27(17-37-28)20-7-5-19(6-8-20)24-16-23(36-4)12-13-25(24)31/h5-8,11-16,18,21,27,29H,9-10,17H2,1-4H3/t18-,27?,29-/m0/s1. The van der Waals surface area contributed by atoms with Crippen molar-refractivity contribution in [1.29, 1.82) is 0 Å². The van der Waals surface area contributed by atoms with Crippen LogP contribution in [-0.4, -0.2) is 31.7 Å². The van der Waals surface area contributed by atoms with E-state index in [1.54, 1.807) is 19.2 Å². The van der Waals surface area contributed by atoms with Crippen molar-refractivity contribution >= 4 is 32.7 Å². The van der Waals surface area contributed by atoms with Crippen LogP contribution in [0.5, 0.6) is 11.5 Å². The molecular formula is C30H32FIN2O4. The van der Waals surface area contributed by atoms with Gasteiger partial charge >= 0.3 is 5.97 Å². The van der Waals surface area contributed by atoms with E-state index >= 15 is 0 Å². The molecule has 0 radical (unpaired) electrons. The molecule has 0 saturated heterocycles. The number of alkyl halides is 1. The molecule has 1 saturated carbocycles. The lowest BCUT2D eigenvalue weighted by Gasteiger charge is -2.37. The summed E-state index contributed by atoms with van der Waals surface area (Å²) in [6.07, 6.45) is 2.23. The highest BCUT2D eigenvalue weighted by molar-refractivity contribution is 14.2. The molecule has 1 unspecified atom stereocenters. The molecule has 0 amide bonds. The molecule has 1 heterocycles. The van der Waals surface area contributed by atoms with E-state index in [1.165, 1.54) is 6.07 Å². The van der Waals surface area contributed by atoms with E-state index in [-0.39, 0.29) is 29.7 Å². The van der Waals surface area contributed by atoms with Crippen LogP contribution in [0.25, 0.3) is 11.1 Å².